The van der Waals surface area contributed by atoms with Gasteiger partial charge in [-0.05, 0) is 73.6 Å². The van der Waals surface area contributed by atoms with Crippen molar-refractivity contribution in [2.45, 2.75) is 25.7 Å². The van der Waals surface area contributed by atoms with Gasteiger partial charge in [0.25, 0.3) is 5.91 Å². The molecule has 1 saturated heterocycles. The van der Waals surface area contributed by atoms with Crippen LogP contribution in [0.2, 0.25) is 0 Å². The van der Waals surface area contributed by atoms with E-state index in [1.54, 1.807) is 17.0 Å². The van der Waals surface area contributed by atoms with Gasteiger partial charge in [-0.3, -0.25) is 9.59 Å². The second-order valence-corrected chi connectivity index (χ2v) is 7.22. The van der Waals surface area contributed by atoms with Crippen LogP contribution in [-0.2, 0) is 11.2 Å². The third-order valence-electron chi connectivity index (χ3n) is 5.25. The molecule has 0 bridgehead atoms. The zero-order valence-corrected chi connectivity index (χ0v) is 15.7. The van der Waals surface area contributed by atoms with Crippen LogP contribution in [0.5, 0.6) is 5.75 Å². The van der Waals surface area contributed by atoms with Crippen molar-refractivity contribution in [1.29, 1.82) is 0 Å². The molecular weight excluding hydrogens is 359 g/mol. The Labute approximate surface area is 164 Å². The molecular formula is C22H25FN2O3. The Balaban J connectivity index is 1.38. The molecule has 0 saturated carbocycles. The summed E-state index contributed by atoms with van der Waals surface area (Å²) in [5, 5.41) is 11.9. The van der Waals surface area contributed by atoms with E-state index in [2.05, 4.69) is 5.32 Å². The molecule has 2 N–H and O–H groups in total. The lowest BCUT2D eigenvalue weighted by Crippen LogP contribution is -2.44. The number of amides is 2. The number of halogens is 1. The fourth-order valence-electron chi connectivity index (χ4n) is 3.48. The smallest absolute Gasteiger partial charge is 0.251 e. The van der Waals surface area contributed by atoms with Crippen molar-refractivity contribution in [3.63, 3.8) is 0 Å². The highest BCUT2D eigenvalue weighted by molar-refractivity contribution is 5.96. The molecule has 0 spiro atoms. The van der Waals surface area contributed by atoms with Crippen molar-refractivity contribution in [3.05, 3.63) is 65.5 Å². The summed E-state index contributed by atoms with van der Waals surface area (Å²) in [7, 11) is 0. The second-order valence-electron chi connectivity index (χ2n) is 7.22. The summed E-state index contributed by atoms with van der Waals surface area (Å²) in [6, 6.07) is 12.5. The van der Waals surface area contributed by atoms with Crippen LogP contribution in [0.25, 0.3) is 0 Å². The van der Waals surface area contributed by atoms with Gasteiger partial charge in [-0.15, -0.1) is 0 Å². The van der Waals surface area contributed by atoms with Gasteiger partial charge in [0.15, 0.2) is 0 Å². The van der Waals surface area contributed by atoms with Gasteiger partial charge in [-0.25, -0.2) is 4.39 Å². The van der Waals surface area contributed by atoms with E-state index in [0.717, 1.165) is 25.7 Å². The SMILES string of the molecule is O=C(NCC(=O)N1CCC(CCc2ccc(O)cc2)CC1)c1ccc(F)cc1. The number of carbonyl (C=O) groups is 2. The van der Waals surface area contributed by atoms with Gasteiger partial charge in [-0.1, -0.05) is 12.1 Å². The number of carbonyl (C=O) groups excluding carboxylic acids is 2. The average Bonchev–Trinajstić information content (AvgIpc) is 2.72. The number of aryl methyl sites for hydroxylation is 1. The Morgan fingerprint density at radius 2 is 1.68 bits per heavy atom. The molecule has 3 rings (SSSR count). The van der Waals surface area contributed by atoms with Crippen molar-refractivity contribution < 1.29 is 19.1 Å². The minimum absolute atomic E-state index is 0.0472. The number of hydrogen-bond acceptors (Lipinski definition) is 3. The number of aromatic hydroxyl groups is 1. The molecule has 5 nitrogen and oxygen atoms in total. The number of phenolic OH excluding ortho intramolecular Hbond substituents is 1. The first-order valence-electron chi connectivity index (χ1n) is 9.61. The fourth-order valence-corrected chi connectivity index (χ4v) is 3.48. The topological polar surface area (TPSA) is 69.6 Å². The summed E-state index contributed by atoms with van der Waals surface area (Å²) in [5.74, 6) is -0.0146. The maximum absolute atomic E-state index is 12.9. The predicted molar refractivity (Wildman–Crippen MR) is 104 cm³/mol. The Morgan fingerprint density at radius 1 is 1.04 bits per heavy atom. The average molecular weight is 384 g/mol. The zero-order chi connectivity index (χ0) is 19.9. The van der Waals surface area contributed by atoms with Gasteiger partial charge in [-0.2, -0.15) is 0 Å². The lowest BCUT2D eigenvalue weighted by atomic mass is 9.90. The number of rotatable bonds is 6. The number of likely N-dealkylation sites (tertiary alicyclic amines) is 1. The molecule has 148 valence electrons. The molecule has 1 heterocycles. The summed E-state index contributed by atoms with van der Waals surface area (Å²) in [5.41, 5.74) is 1.54. The molecule has 1 aliphatic rings. The first kappa shape index (κ1) is 19.9. The molecule has 0 radical (unpaired) electrons. The van der Waals surface area contributed by atoms with Crippen LogP contribution >= 0.6 is 0 Å². The first-order chi connectivity index (χ1) is 13.5. The lowest BCUT2D eigenvalue weighted by Gasteiger charge is -2.32. The van der Waals surface area contributed by atoms with Gasteiger partial charge in [0, 0.05) is 18.7 Å². The molecule has 1 aliphatic heterocycles. The Bertz CT molecular complexity index is 798. The van der Waals surface area contributed by atoms with Gasteiger partial charge in [0.1, 0.15) is 11.6 Å². The standard InChI is InChI=1S/C22H25FN2O3/c23-19-7-5-18(6-8-19)22(28)24-15-21(27)25-13-11-17(12-14-25)2-1-16-3-9-20(26)10-4-16/h3-10,17,26H,1-2,11-15H2,(H,24,28). The number of benzene rings is 2. The summed E-state index contributed by atoms with van der Waals surface area (Å²) < 4.78 is 12.9. The minimum atomic E-state index is -0.402. The highest BCUT2D eigenvalue weighted by Gasteiger charge is 2.23. The molecule has 0 unspecified atom stereocenters. The highest BCUT2D eigenvalue weighted by Crippen LogP contribution is 2.23. The number of nitrogens with zero attached hydrogens (tertiary/aromatic N) is 1. The normalized spacial score (nSPS) is 14.7. The quantitative estimate of drug-likeness (QED) is 0.804. The third-order valence-corrected chi connectivity index (χ3v) is 5.25. The van der Waals surface area contributed by atoms with Crippen LogP contribution < -0.4 is 5.32 Å². The van der Waals surface area contributed by atoms with E-state index in [9.17, 15) is 19.1 Å². The highest BCUT2D eigenvalue weighted by atomic mass is 19.1. The zero-order valence-electron chi connectivity index (χ0n) is 15.7. The second kappa shape index (κ2) is 9.35. The lowest BCUT2D eigenvalue weighted by molar-refractivity contribution is -0.131. The maximum atomic E-state index is 12.9. The molecule has 2 aromatic carbocycles. The van der Waals surface area contributed by atoms with Crippen molar-refractivity contribution in [3.8, 4) is 5.75 Å². The Morgan fingerprint density at radius 3 is 2.32 bits per heavy atom. The van der Waals surface area contributed by atoms with E-state index in [-0.39, 0.29) is 24.1 Å². The molecule has 2 aromatic rings. The predicted octanol–water partition coefficient (Wildman–Crippen LogP) is 3.13. The van der Waals surface area contributed by atoms with Crippen molar-refractivity contribution in [1.82, 2.24) is 10.2 Å². The number of phenols is 1. The molecule has 1 fully saturated rings. The van der Waals surface area contributed by atoms with Crippen molar-refractivity contribution >= 4 is 11.8 Å². The summed E-state index contributed by atoms with van der Waals surface area (Å²) in [6.45, 7) is 1.35. The summed E-state index contributed by atoms with van der Waals surface area (Å²) >= 11 is 0. The van der Waals surface area contributed by atoms with Crippen LogP contribution in [0.4, 0.5) is 4.39 Å². The van der Waals surface area contributed by atoms with Gasteiger partial charge >= 0.3 is 0 Å². The number of piperidine rings is 1. The van der Waals surface area contributed by atoms with E-state index in [1.165, 1.54) is 29.8 Å². The largest absolute Gasteiger partial charge is 0.508 e. The Hall–Kier alpha value is -2.89. The van der Waals surface area contributed by atoms with E-state index in [0.29, 0.717) is 24.6 Å². The molecule has 6 heteroatoms. The van der Waals surface area contributed by atoms with E-state index in [4.69, 9.17) is 0 Å². The maximum Gasteiger partial charge on any atom is 0.251 e. The van der Waals surface area contributed by atoms with Crippen molar-refractivity contribution in [2.75, 3.05) is 19.6 Å². The van der Waals surface area contributed by atoms with E-state index < -0.39 is 5.82 Å². The van der Waals surface area contributed by atoms with Crippen LogP contribution in [0.3, 0.4) is 0 Å². The Kier molecular flexibility index (Phi) is 6.63. The molecule has 0 atom stereocenters. The van der Waals surface area contributed by atoms with Gasteiger partial charge in [0.05, 0.1) is 6.54 Å². The van der Waals surface area contributed by atoms with Crippen LogP contribution in [0.15, 0.2) is 48.5 Å². The molecule has 2 amide bonds. The van der Waals surface area contributed by atoms with Crippen LogP contribution in [-0.4, -0.2) is 41.5 Å². The fraction of sp³-hybridized carbons (Fsp3) is 0.364. The minimum Gasteiger partial charge on any atom is -0.508 e. The van der Waals surface area contributed by atoms with Gasteiger partial charge < -0.3 is 15.3 Å². The first-order valence-corrected chi connectivity index (χ1v) is 9.61. The summed E-state index contributed by atoms with van der Waals surface area (Å²) in [6.07, 6.45) is 3.94. The van der Waals surface area contributed by atoms with E-state index >= 15 is 0 Å². The summed E-state index contributed by atoms with van der Waals surface area (Å²) in [4.78, 5) is 26.1. The number of hydrogen-bond donors (Lipinski definition) is 2. The monoisotopic (exact) mass is 384 g/mol. The number of nitrogens with one attached hydrogen (secondary N) is 1. The van der Waals surface area contributed by atoms with Gasteiger partial charge in [0.2, 0.25) is 5.91 Å². The molecule has 0 aromatic heterocycles. The van der Waals surface area contributed by atoms with E-state index in [1.807, 2.05) is 12.1 Å². The molecule has 28 heavy (non-hydrogen) atoms. The van der Waals surface area contributed by atoms with Crippen LogP contribution in [0.1, 0.15) is 35.2 Å². The van der Waals surface area contributed by atoms with Crippen LogP contribution in [0, 0.1) is 11.7 Å². The third kappa shape index (κ3) is 5.55. The van der Waals surface area contributed by atoms with Crippen molar-refractivity contribution in [2.24, 2.45) is 5.92 Å². The molecule has 0 aliphatic carbocycles.